The number of piperidine rings is 2. The Kier molecular flexibility index (Phi) is 48.6. The number of hydrazine groups is 1. The number of aliphatic hydroxyl groups is 3. The Balaban J connectivity index is 0.000000244. The average molecular weight is 2070 g/mol. The van der Waals surface area contributed by atoms with Crippen LogP contribution >= 0.6 is 0 Å². The average Bonchev–Trinajstić information content (AvgIpc) is 1.58. The number of aliphatic hydroxyl groups excluding tert-OH is 3. The molecule has 4 unspecified atom stereocenters. The third kappa shape index (κ3) is 30.8. The molecule has 8 aromatic carbocycles. The molecule has 8 amide bonds. The van der Waals surface area contributed by atoms with Crippen molar-refractivity contribution in [1.29, 1.82) is 0 Å². The molecule has 8 aliphatic rings. The smallest absolute Gasteiger partial charge is 0.392 e. The number of unbranched alkanes of at least 4 members (excludes halogenated alkanes) is 21. The van der Waals surface area contributed by atoms with E-state index >= 15 is 0 Å². The largest absolute Gasteiger partial charge is 0.575 e. The first-order valence-electron chi connectivity index (χ1n) is 52.0. The van der Waals surface area contributed by atoms with Crippen LogP contribution in [0.3, 0.4) is 0 Å². The Hall–Kier alpha value is -12.4. The second-order valence-corrected chi connectivity index (χ2v) is 39.3. The summed E-state index contributed by atoms with van der Waals surface area (Å²) in [5.41, 5.74) is 14.6. The van der Waals surface area contributed by atoms with Crippen LogP contribution in [0.15, 0.2) is 231 Å². The van der Waals surface area contributed by atoms with Crippen molar-refractivity contribution in [2.24, 2.45) is 35.3 Å². The second kappa shape index (κ2) is 59.4. The van der Waals surface area contributed by atoms with E-state index in [-0.39, 0.29) is 121 Å². The number of halogens is 3. The number of benzene rings is 8. The molecule has 6 saturated heterocycles. The number of imide groups is 4. The number of hydrogen-bond acceptors (Lipinski definition) is 23. The number of nitrogens with one attached hydrogen (secondary N) is 3. The number of para-hydroxylation sites is 3. The number of aryl methyl sites for hydroxylation is 1. The summed E-state index contributed by atoms with van der Waals surface area (Å²) in [6, 6.07) is 53.7. The van der Waals surface area contributed by atoms with Crippen molar-refractivity contribution in [1.82, 2.24) is 25.4 Å². The highest BCUT2D eigenvalue weighted by Gasteiger charge is 2.59. The van der Waals surface area contributed by atoms with Gasteiger partial charge in [-0.15, -0.1) is 13.2 Å². The highest BCUT2D eigenvalue weighted by Crippen LogP contribution is 2.44. The SMILES string of the molecule is C.C.C.C.C.CCCCCCCCCC[C@@H](C(=O)OC(F)(F)F)[C@H]1C=CC2C(=O)N(c3ccccc3)C(=O)[C@H]2N1Nc1ccc([N+](=O)[O-])cc1.CCCCCCCCCC[C@@H](O)[C@H]1C=CC2C(=O)N(c3ccccc3)C(=O)[C@H]2N1C(N)c1ccc([N+](=O)[O-])cc1.CCCCCCCCCC[C@@H](O)[C@H]1CCC2C(=O)N(c3ccccc3)C(=O)[C@H]2N1.Cc1ccccc1[C@@H](O)[C@H]1CC[C@H]2C(=O)N(Cc3cccc4ccccc34)C(=O)[C@H]2N1. The highest BCUT2D eigenvalue weighted by atomic mass is 19.4. The maximum atomic E-state index is 13.9. The van der Waals surface area contributed by atoms with Crippen molar-refractivity contribution in [2.45, 2.75) is 350 Å². The van der Waals surface area contributed by atoms with Crippen molar-refractivity contribution in [2.75, 3.05) is 20.1 Å². The van der Waals surface area contributed by atoms with Crippen molar-refractivity contribution < 1.29 is 86.2 Å². The lowest BCUT2D eigenvalue weighted by molar-refractivity contribution is -0.385. The van der Waals surface area contributed by atoms with Gasteiger partial charge < -0.3 is 31.2 Å². The maximum Gasteiger partial charge on any atom is 0.575 e. The second-order valence-electron chi connectivity index (χ2n) is 39.3. The van der Waals surface area contributed by atoms with Crippen LogP contribution in [0.1, 0.15) is 291 Å². The summed E-state index contributed by atoms with van der Waals surface area (Å²) in [6.07, 6.45) is 28.9. The first kappa shape index (κ1) is 123. The zero-order valence-electron chi connectivity index (χ0n) is 83.2. The van der Waals surface area contributed by atoms with Gasteiger partial charge in [-0.05, 0) is 146 Å². The van der Waals surface area contributed by atoms with Crippen LogP contribution in [0.25, 0.3) is 10.8 Å². The first-order valence-corrected chi connectivity index (χ1v) is 52.0. The number of carbonyl (C=O) groups excluding carboxylic acids is 9. The Bertz CT molecular complexity index is 5750. The van der Waals surface area contributed by atoms with E-state index in [9.17, 15) is 91.9 Å². The molecule has 29 nitrogen and oxygen atoms in total. The minimum atomic E-state index is -5.21. The summed E-state index contributed by atoms with van der Waals surface area (Å²) < 4.78 is 43.8. The molecule has 16 rings (SSSR count). The Morgan fingerprint density at radius 2 is 0.860 bits per heavy atom. The van der Waals surface area contributed by atoms with Gasteiger partial charge in [-0.3, -0.25) is 83.8 Å². The molecule has 8 aromatic rings. The summed E-state index contributed by atoms with van der Waals surface area (Å²) in [5.74, 6) is -7.75. The topological polar surface area (TPSA) is 391 Å². The van der Waals surface area contributed by atoms with E-state index in [1.54, 1.807) is 95.9 Å². The molecule has 0 radical (unpaired) electrons. The maximum absolute atomic E-state index is 13.9. The molecule has 0 bridgehead atoms. The quantitative estimate of drug-likeness (QED) is 0.00466. The number of fused-ring (bicyclic) bond motifs is 5. The molecule has 8 N–H and O–H groups in total. The molecular weight excluding hydrogens is 1910 g/mol. The van der Waals surface area contributed by atoms with Gasteiger partial charge in [-0.25, -0.2) is 19.7 Å². The molecular formula is C118H159F3N12O17. The summed E-state index contributed by atoms with van der Waals surface area (Å²) in [4.78, 5) is 148. The third-order valence-electron chi connectivity index (χ3n) is 29.4. The Labute approximate surface area is 883 Å². The monoisotopic (exact) mass is 2070 g/mol. The number of rotatable bonds is 44. The molecule has 8 aliphatic heterocycles. The number of nitro benzene ring substituents is 2. The number of amides is 8. The molecule has 814 valence electrons. The molecule has 8 heterocycles. The first-order chi connectivity index (χ1) is 70.0. The molecule has 150 heavy (non-hydrogen) atoms. The summed E-state index contributed by atoms with van der Waals surface area (Å²) in [7, 11) is 0. The van der Waals surface area contributed by atoms with Gasteiger partial charge in [-0.2, -0.15) is 0 Å². The lowest BCUT2D eigenvalue weighted by Gasteiger charge is -2.43. The van der Waals surface area contributed by atoms with Crippen LogP contribution in [0.4, 0.5) is 47.3 Å². The number of ether oxygens (including phenoxy) is 1. The lowest BCUT2D eigenvalue weighted by Crippen LogP contribution is -2.58. The minimum absolute atomic E-state index is 0. The Morgan fingerprint density at radius 1 is 0.447 bits per heavy atom. The Morgan fingerprint density at radius 3 is 1.37 bits per heavy atom. The zero-order valence-corrected chi connectivity index (χ0v) is 83.2. The summed E-state index contributed by atoms with van der Waals surface area (Å²) in [5, 5.41) is 65.4. The van der Waals surface area contributed by atoms with E-state index in [2.05, 4.69) is 41.6 Å². The standard InChI is InChI=1S/C32H37F3N4O6.C31H40N4O5.C26H26N2O3.C24H36N2O3.5CH4/c1-2-3-4-5-6-7-8-12-15-25(31(42)45-32(33,34)35)27-21-20-26-28(30(41)37(29(26)40)23-13-10-9-11-14-23)38(27)36-22-16-18-24(19-17-22)39(43)44;1-2-3-4-5-6-7-8-12-15-27(36)26-21-20-25-28(31(38)33(30(25)37)23-13-10-9-11-14-23)34(26)29(32)22-16-18-24(19-17-22)35(39)40;1-16-7-2-4-11-19(16)24(29)22-14-13-21-23(27-22)26(31)28(25(21)30)15-18-10-6-9-17-8-3-5-12-20(17)18;1-2-3-4-5-6-7-8-12-15-21(27)20-17-16-19-22(25-20)24(29)26(23(19)28)18-13-10-9-11-14-18;;;;;/h9-11,13-14,16-21,25-28,36H,2-8,12,15H2,1H3;9-11,13-14,16-21,25-29,36H,2-8,12,15,32H2,1H3;2-12,21-24,27,29H,13-15H2,1H3;9-11,13-14,19-22,25,27H,2-8,12,15-17H2,1H3;5*1H4/t25-,26?,27-,28+;25?,26-,27-,28+,29?;21-,22-,23+,24-;19?,20-,21-,22+;;;;;/m1111...../s1. The molecule has 32 heteroatoms. The number of anilines is 4. The van der Waals surface area contributed by atoms with E-state index in [1.807, 2.05) is 97.9 Å². The number of nitrogens with zero attached hydrogens (tertiary/aromatic N) is 8. The van der Waals surface area contributed by atoms with Crippen molar-refractivity contribution in [3.05, 3.63) is 273 Å². The number of esters is 1. The fraction of sp³-hybridized carbons (Fsp3) is 0.500. The molecule has 0 aromatic heterocycles. The number of nitrogens with two attached hydrogens (primary N) is 1. The number of nitro groups is 2. The van der Waals surface area contributed by atoms with Crippen molar-refractivity contribution in [3.63, 3.8) is 0 Å². The van der Waals surface area contributed by atoms with Crippen molar-refractivity contribution in [3.8, 4) is 0 Å². The fourth-order valence-corrected chi connectivity index (χ4v) is 21.5. The number of likely N-dealkylation sites (tertiary alicyclic amines) is 1. The van der Waals surface area contributed by atoms with Crippen LogP contribution < -0.4 is 36.5 Å². The number of non-ortho nitro benzene ring substituents is 2. The third-order valence-corrected chi connectivity index (χ3v) is 29.4. The summed E-state index contributed by atoms with van der Waals surface area (Å²) >= 11 is 0. The molecule has 0 aliphatic carbocycles. The summed E-state index contributed by atoms with van der Waals surface area (Å²) in [6.45, 7) is 8.81. The van der Waals surface area contributed by atoms with Gasteiger partial charge in [0.2, 0.25) is 29.5 Å². The van der Waals surface area contributed by atoms with Gasteiger partial charge in [0.25, 0.3) is 29.1 Å². The lowest BCUT2D eigenvalue weighted by atomic mass is 9.85. The molecule has 0 saturated carbocycles. The normalized spacial score (nSPS) is 22.1. The molecule has 6 fully saturated rings. The van der Waals surface area contributed by atoms with Crippen LogP contribution in [0.2, 0.25) is 0 Å². The van der Waals surface area contributed by atoms with Crippen LogP contribution in [0, 0.1) is 56.7 Å². The van der Waals surface area contributed by atoms with E-state index in [0.29, 0.717) is 61.2 Å². The number of carbonyl (C=O) groups is 9. The molecule has 17 atom stereocenters. The van der Waals surface area contributed by atoms with Crippen LogP contribution in [-0.2, 0) is 54.4 Å². The van der Waals surface area contributed by atoms with E-state index in [4.69, 9.17) is 5.73 Å². The number of hydrogen-bond donors (Lipinski definition) is 7. The number of alkyl halides is 3. The highest BCUT2D eigenvalue weighted by molar-refractivity contribution is 6.26. The predicted octanol–water partition coefficient (Wildman–Crippen LogP) is 23.0. The van der Waals surface area contributed by atoms with Gasteiger partial charge in [0.1, 0.15) is 12.1 Å². The van der Waals surface area contributed by atoms with Crippen LogP contribution in [-0.4, -0.2) is 160 Å². The minimum Gasteiger partial charge on any atom is -0.392 e. The van der Waals surface area contributed by atoms with Gasteiger partial charge in [0.15, 0.2) is 0 Å². The van der Waals surface area contributed by atoms with E-state index < -0.39 is 118 Å². The fourth-order valence-electron chi connectivity index (χ4n) is 21.5. The van der Waals surface area contributed by atoms with Gasteiger partial charge in [0, 0.05) is 42.0 Å². The van der Waals surface area contributed by atoms with Gasteiger partial charge in [-0.1, -0.05) is 358 Å². The van der Waals surface area contributed by atoms with E-state index in [1.165, 1.54) is 139 Å². The van der Waals surface area contributed by atoms with Crippen LogP contribution in [0.5, 0.6) is 0 Å². The van der Waals surface area contributed by atoms with Crippen molar-refractivity contribution >= 4 is 98.1 Å². The zero-order chi connectivity index (χ0) is 103. The van der Waals surface area contributed by atoms with Gasteiger partial charge in [0.05, 0.1) is 112 Å². The van der Waals surface area contributed by atoms with E-state index in [0.717, 1.165) is 116 Å². The predicted molar refractivity (Wildman–Crippen MR) is 583 cm³/mol. The molecule has 0 spiro atoms. The van der Waals surface area contributed by atoms with Gasteiger partial charge >= 0.3 is 12.3 Å².